The first-order chi connectivity index (χ1) is 8.68. The zero-order valence-electron chi connectivity index (χ0n) is 10.8. The summed E-state index contributed by atoms with van der Waals surface area (Å²) in [6, 6.07) is 0.454. The van der Waals surface area contributed by atoms with Crippen molar-refractivity contribution in [3.63, 3.8) is 0 Å². The molecule has 0 unspecified atom stereocenters. The van der Waals surface area contributed by atoms with E-state index in [2.05, 4.69) is 19.2 Å². The largest absolute Gasteiger partial charge is 0.493 e. The maximum absolute atomic E-state index is 6.41. The molecule has 2 aliphatic heterocycles. The van der Waals surface area contributed by atoms with Crippen molar-refractivity contribution < 1.29 is 9.47 Å². The third kappa shape index (κ3) is 1.86. The number of nitrogens with one attached hydrogen (secondary N) is 1. The summed E-state index contributed by atoms with van der Waals surface area (Å²) in [5, 5.41) is 4.23. The van der Waals surface area contributed by atoms with Crippen molar-refractivity contribution in [2.24, 2.45) is 0 Å². The summed E-state index contributed by atoms with van der Waals surface area (Å²) in [7, 11) is 0. The molecule has 3 nitrogen and oxygen atoms in total. The second-order valence-electron chi connectivity index (χ2n) is 5.14. The Hall–Kier alpha value is -0.930. The molecule has 1 N–H and O–H groups in total. The Morgan fingerprint density at radius 3 is 2.50 bits per heavy atom. The smallest absolute Gasteiger partial charge is 0.142 e. The van der Waals surface area contributed by atoms with Gasteiger partial charge >= 0.3 is 0 Å². The minimum Gasteiger partial charge on any atom is -0.493 e. The quantitative estimate of drug-likeness (QED) is 0.913. The molecule has 0 spiro atoms. The standard InChI is InChI=1S/C14H18ClNO2/c1-8(2)16-7-11-9-3-5-18-14(9)12(15)10-4-6-17-13(10)11/h8,16H,3-7H2,1-2H3. The Morgan fingerprint density at radius 2 is 1.78 bits per heavy atom. The van der Waals surface area contributed by atoms with Gasteiger partial charge in [0.25, 0.3) is 0 Å². The predicted octanol–water partition coefficient (Wildman–Crippen LogP) is 2.71. The van der Waals surface area contributed by atoms with Gasteiger partial charge in [-0.2, -0.15) is 0 Å². The molecule has 0 atom stereocenters. The van der Waals surface area contributed by atoms with Crippen molar-refractivity contribution in [1.82, 2.24) is 5.32 Å². The summed E-state index contributed by atoms with van der Waals surface area (Å²) in [6.45, 7) is 6.57. The maximum Gasteiger partial charge on any atom is 0.142 e. The van der Waals surface area contributed by atoms with Crippen molar-refractivity contribution in [3.05, 3.63) is 21.7 Å². The lowest BCUT2D eigenvalue weighted by molar-refractivity contribution is 0.351. The fourth-order valence-electron chi connectivity index (χ4n) is 2.64. The first-order valence-corrected chi connectivity index (χ1v) is 6.91. The van der Waals surface area contributed by atoms with Gasteiger partial charge in [0.1, 0.15) is 11.5 Å². The average Bonchev–Trinajstić information content (AvgIpc) is 2.95. The van der Waals surface area contributed by atoms with Gasteiger partial charge < -0.3 is 14.8 Å². The molecule has 0 fully saturated rings. The Bertz CT molecular complexity index is 450. The molecule has 98 valence electrons. The lowest BCUT2D eigenvalue weighted by Crippen LogP contribution is -2.22. The van der Waals surface area contributed by atoms with E-state index in [4.69, 9.17) is 21.1 Å². The Labute approximate surface area is 112 Å². The summed E-state index contributed by atoms with van der Waals surface area (Å²) >= 11 is 6.41. The molecule has 1 aromatic rings. The first-order valence-electron chi connectivity index (χ1n) is 6.53. The third-order valence-corrected chi connectivity index (χ3v) is 3.93. The van der Waals surface area contributed by atoms with Crippen molar-refractivity contribution >= 4 is 11.6 Å². The van der Waals surface area contributed by atoms with Gasteiger partial charge in [0.05, 0.1) is 18.2 Å². The Kier molecular flexibility index (Phi) is 3.12. The highest BCUT2D eigenvalue weighted by Crippen LogP contribution is 2.46. The molecule has 2 heterocycles. The SMILES string of the molecule is CC(C)NCc1c2c(c(Cl)c3c1OCC3)OCC2. The zero-order chi connectivity index (χ0) is 12.7. The molecule has 1 aromatic carbocycles. The number of fused-ring (bicyclic) bond motifs is 2. The van der Waals surface area contributed by atoms with Crippen LogP contribution in [0.3, 0.4) is 0 Å². The van der Waals surface area contributed by atoms with E-state index in [0.717, 1.165) is 54.7 Å². The van der Waals surface area contributed by atoms with Crippen molar-refractivity contribution in [2.75, 3.05) is 13.2 Å². The number of rotatable bonds is 3. The van der Waals surface area contributed by atoms with Crippen LogP contribution in [0.2, 0.25) is 5.02 Å². The fourth-order valence-corrected chi connectivity index (χ4v) is 2.99. The molecule has 0 saturated heterocycles. The normalized spacial score (nSPS) is 16.4. The molecular weight excluding hydrogens is 250 g/mol. The van der Waals surface area contributed by atoms with E-state index >= 15 is 0 Å². The molecular formula is C14H18ClNO2. The van der Waals surface area contributed by atoms with Crippen LogP contribution in [0.1, 0.15) is 30.5 Å². The topological polar surface area (TPSA) is 30.5 Å². The molecule has 3 rings (SSSR count). The van der Waals surface area contributed by atoms with Gasteiger partial charge in [0.15, 0.2) is 0 Å². The van der Waals surface area contributed by atoms with Crippen LogP contribution in [0.4, 0.5) is 0 Å². The molecule has 18 heavy (non-hydrogen) atoms. The maximum atomic E-state index is 6.41. The van der Waals surface area contributed by atoms with Crippen LogP contribution in [-0.2, 0) is 19.4 Å². The summed E-state index contributed by atoms with van der Waals surface area (Å²) in [4.78, 5) is 0. The van der Waals surface area contributed by atoms with Crippen LogP contribution in [0, 0.1) is 0 Å². The lowest BCUT2D eigenvalue weighted by Gasteiger charge is -2.16. The average molecular weight is 268 g/mol. The number of benzene rings is 1. The highest BCUT2D eigenvalue weighted by Gasteiger charge is 2.30. The van der Waals surface area contributed by atoms with E-state index in [1.807, 2.05) is 0 Å². The number of hydrogen-bond donors (Lipinski definition) is 1. The van der Waals surface area contributed by atoms with Crippen LogP contribution >= 0.6 is 11.6 Å². The fraction of sp³-hybridized carbons (Fsp3) is 0.571. The predicted molar refractivity (Wildman–Crippen MR) is 71.8 cm³/mol. The second kappa shape index (κ2) is 4.63. The van der Waals surface area contributed by atoms with Gasteiger partial charge in [-0.25, -0.2) is 0 Å². The first kappa shape index (κ1) is 12.1. The summed E-state index contributed by atoms with van der Waals surface area (Å²) in [5.41, 5.74) is 3.60. The minimum absolute atomic E-state index is 0.454. The highest BCUT2D eigenvalue weighted by molar-refractivity contribution is 6.33. The van der Waals surface area contributed by atoms with Gasteiger partial charge in [0, 0.05) is 42.1 Å². The lowest BCUT2D eigenvalue weighted by atomic mass is 9.99. The Balaban J connectivity index is 2.06. The monoisotopic (exact) mass is 267 g/mol. The molecule has 4 heteroatoms. The van der Waals surface area contributed by atoms with Crippen LogP contribution < -0.4 is 14.8 Å². The van der Waals surface area contributed by atoms with Crippen molar-refractivity contribution in [1.29, 1.82) is 0 Å². The van der Waals surface area contributed by atoms with Crippen molar-refractivity contribution in [2.45, 2.75) is 39.3 Å². The molecule has 0 aromatic heterocycles. The number of halogens is 1. The van der Waals surface area contributed by atoms with Crippen molar-refractivity contribution in [3.8, 4) is 11.5 Å². The van der Waals surface area contributed by atoms with E-state index in [-0.39, 0.29) is 0 Å². The van der Waals surface area contributed by atoms with Crippen LogP contribution in [0.25, 0.3) is 0 Å². The van der Waals surface area contributed by atoms with E-state index in [1.54, 1.807) is 0 Å². The molecule has 0 aliphatic carbocycles. The van der Waals surface area contributed by atoms with Gasteiger partial charge in [-0.05, 0) is 0 Å². The molecule has 0 radical (unpaired) electrons. The van der Waals surface area contributed by atoms with E-state index in [0.29, 0.717) is 6.04 Å². The molecule has 0 saturated carbocycles. The molecule has 2 aliphatic rings. The Morgan fingerprint density at radius 1 is 1.11 bits per heavy atom. The van der Waals surface area contributed by atoms with Gasteiger partial charge in [-0.3, -0.25) is 0 Å². The van der Waals surface area contributed by atoms with E-state index in [1.165, 1.54) is 11.1 Å². The van der Waals surface area contributed by atoms with Gasteiger partial charge in [-0.1, -0.05) is 25.4 Å². The number of hydrogen-bond acceptors (Lipinski definition) is 3. The van der Waals surface area contributed by atoms with Gasteiger partial charge in [0.2, 0.25) is 0 Å². The van der Waals surface area contributed by atoms with Crippen LogP contribution in [-0.4, -0.2) is 19.3 Å². The van der Waals surface area contributed by atoms with Gasteiger partial charge in [-0.15, -0.1) is 0 Å². The summed E-state index contributed by atoms with van der Waals surface area (Å²) < 4.78 is 11.5. The minimum atomic E-state index is 0.454. The van der Waals surface area contributed by atoms with Crippen LogP contribution in [0.15, 0.2) is 0 Å². The zero-order valence-corrected chi connectivity index (χ0v) is 11.6. The molecule has 0 amide bonds. The second-order valence-corrected chi connectivity index (χ2v) is 5.52. The van der Waals surface area contributed by atoms with Crippen LogP contribution in [0.5, 0.6) is 11.5 Å². The summed E-state index contributed by atoms with van der Waals surface area (Å²) in [5.74, 6) is 1.89. The highest BCUT2D eigenvalue weighted by atomic mass is 35.5. The van der Waals surface area contributed by atoms with E-state index in [9.17, 15) is 0 Å². The molecule has 0 bridgehead atoms. The number of ether oxygens (including phenoxy) is 2. The van der Waals surface area contributed by atoms with E-state index < -0.39 is 0 Å². The third-order valence-electron chi connectivity index (χ3n) is 3.53. The summed E-state index contributed by atoms with van der Waals surface area (Å²) in [6.07, 6.45) is 1.82.